The van der Waals surface area contributed by atoms with Gasteiger partial charge in [0.1, 0.15) is 5.82 Å². The van der Waals surface area contributed by atoms with Crippen LogP contribution in [0.15, 0.2) is 60.7 Å². The molecule has 0 saturated carbocycles. The van der Waals surface area contributed by atoms with Crippen LogP contribution in [0.2, 0.25) is 0 Å². The minimum absolute atomic E-state index is 0.278. The highest BCUT2D eigenvalue weighted by molar-refractivity contribution is 5.95. The molecule has 0 fully saturated rings. The SMILES string of the molecule is CC=CCc1nc(C(C)C)nn1Cc1ccc(-c2ccccc2C(=O)O)cc1. The number of hydrogen-bond acceptors (Lipinski definition) is 3. The highest BCUT2D eigenvalue weighted by Gasteiger charge is 2.13. The molecule has 3 aromatic rings. The zero-order valence-electron chi connectivity index (χ0n) is 16.5. The van der Waals surface area contributed by atoms with Gasteiger partial charge in [0.05, 0.1) is 12.1 Å². The molecule has 0 amide bonds. The predicted molar refractivity (Wildman–Crippen MR) is 111 cm³/mol. The summed E-state index contributed by atoms with van der Waals surface area (Å²) in [6.07, 6.45) is 4.85. The molecule has 144 valence electrons. The van der Waals surface area contributed by atoms with Gasteiger partial charge in [-0.1, -0.05) is 68.5 Å². The summed E-state index contributed by atoms with van der Waals surface area (Å²) in [6, 6.07) is 15.0. The minimum atomic E-state index is -0.919. The van der Waals surface area contributed by atoms with E-state index in [1.807, 2.05) is 54.1 Å². The maximum absolute atomic E-state index is 11.5. The lowest BCUT2D eigenvalue weighted by atomic mass is 9.99. The van der Waals surface area contributed by atoms with Crippen molar-refractivity contribution in [1.82, 2.24) is 14.8 Å². The number of nitrogens with zero attached hydrogens (tertiary/aromatic N) is 3. The zero-order valence-corrected chi connectivity index (χ0v) is 16.5. The zero-order chi connectivity index (χ0) is 20.1. The Morgan fingerprint density at radius 3 is 2.50 bits per heavy atom. The normalized spacial score (nSPS) is 11.4. The van der Waals surface area contributed by atoms with E-state index in [1.54, 1.807) is 12.1 Å². The van der Waals surface area contributed by atoms with Crippen molar-refractivity contribution in [3.63, 3.8) is 0 Å². The molecule has 2 aromatic carbocycles. The fourth-order valence-electron chi connectivity index (χ4n) is 3.02. The number of aromatic carboxylic acids is 1. The maximum atomic E-state index is 11.5. The summed E-state index contributed by atoms with van der Waals surface area (Å²) in [6.45, 7) is 6.81. The van der Waals surface area contributed by atoms with Crippen molar-refractivity contribution in [2.45, 2.75) is 39.7 Å². The van der Waals surface area contributed by atoms with Crippen LogP contribution in [0.5, 0.6) is 0 Å². The smallest absolute Gasteiger partial charge is 0.336 e. The van der Waals surface area contributed by atoms with Crippen LogP contribution < -0.4 is 0 Å². The molecule has 0 atom stereocenters. The first-order chi connectivity index (χ1) is 13.5. The third-order valence-electron chi connectivity index (χ3n) is 4.57. The third-order valence-corrected chi connectivity index (χ3v) is 4.57. The Morgan fingerprint density at radius 1 is 1.14 bits per heavy atom. The molecule has 0 unspecified atom stereocenters. The average Bonchev–Trinajstić information content (AvgIpc) is 3.10. The lowest BCUT2D eigenvalue weighted by molar-refractivity contribution is 0.0697. The van der Waals surface area contributed by atoms with E-state index in [2.05, 4.69) is 30.0 Å². The second-order valence-electron chi connectivity index (χ2n) is 7.02. The second-order valence-corrected chi connectivity index (χ2v) is 7.02. The predicted octanol–water partition coefficient (Wildman–Crippen LogP) is 4.93. The molecule has 0 saturated heterocycles. The topological polar surface area (TPSA) is 68.0 Å². The van der Waals surface area contributed by atoms with Gasteiger partial charge in [-0.2, -0.15) is 5.10 Å². The molecule has 1 N–H and O–H groups in total. The van der Waals surface area contributed by atoms with E-state index in [0.717, 1.165) is 34.8 Å². The van der Waals surface area contributed by atoms with Gasteiger partial charge in [0.25, 0.3) is 0 Å². The standard InChI is InChI=1S/C23H25N3O2/c1-4-5-10-21-24-22(16(2)3)25-26(21)15-17-11-13-18(14-12-17)19-8-6-7-9-20(19)23(27)28/h4-9,11-14,16H,10,15H2,1-3H3,(H,27,28). The largest absolute Gasteiger partial charge is 0.478 e. The van der Waals surface area contributed by atoms with Crippen molar-refractivity contribution in [2.24, 2.45) is 0 Å². The summed E-state index contributed by atoms with van der Waals surface area (Å²) < 4.78 is 1.95. The van der Waals surface area contributed by atoms with Gasteiger partial charge in [0, 0.05) is 12.3 Å². The molecule has 0 bridgehead atoms. The van der Waals surface area contributed by atoms with Gasteiger partial charge in [-0.3, -0.25) is 0 Å². The molecule has 0 aliphatic rings. The Bertz CT molecular complexity index is 985. The van der Waals surface area contributed by atoms with Gasteiger partial charge in [0.15, 0.2) is 5.82 Å². The Balaban J connectivity index is 1.86. The Hall–Kier alpha value is -3.21. The minimum Gasteiger partial charge on any atom is -0.478 e. The van der Waals surface area contributed by atoms with E-state index >= 15 is 0 Å². The third kappa shape index (κ3) is 4.36. The van der Waals surface area contributed by atoms with Crippen LogP contribution in [-0.2, 0) is 13.0 Å². The van der Waals surface area contributed by atoms with E-state index in [0.29, 0.717) is 12.1 Å². The van der Waals surface area contributed by atoms with Crippen LogP contribution in [0.25, 0.3) is 11.1 Å². The van der Waals surface area contributed by atoms with E-state index in [1.165, 1.54) is 0 Å². The van der Waals surface area contributed by atoms with E-state index in [4.69, 9.17) is 0 Å². The molecule has 5 nitrogen and oxygen atoms in total. The highest BCUT2D eigenvalue weighted by atomic mass is 16.4. The van der Waals surface area contributed by atoms with Crippen LogP contribution in [0, 0.1) is 0 Å². The average molecular weight is 375 g/mol. The van der Waals surface area contributed by atoms with Gasteiger partial charge >= 0.3 is 5.97 Å². The first-order valence-corrected chi connectivity index (χ1v) is 9.46. The number of benzene rings is 2. The molecule has 5 heteroatoms. The number of carboxylic acids is 1. The maximum Gasteiger partial charge on any atom is 0.336 e. The number of carbonyl (C=O) groups is 1. The molecule has 3 rings (SSSR count). The number of hydrogen-bond donors (Lipinski definition) is 1. The molecule has 0 aliphatic carbocycles. The van der Waals surface area contributed by atoms with Crippen molar-refractivity contribution >= 4 is 5.97 Å². The summed E-state index contributed by atoms with van der Waals surface area (Å²) in [7, 11) is 0. The van der Waals surface area contributed by atoms with Crippen molar-refractivity contribution in [1.29, 1.82) is 0 Å². The molecule has 28 heavy (non-hydrogen) atoms. The summed E-state index contributed by atoms with van der Waals surface area (Å²) in [5, 5.41) is 14.1. The highest BCUT2D eigenvalue weighted by Crippen LogP contribution is 2.24. The summed E-state index contributed by atoms with van der Waals surface area (Å²) in [5.74, 6) is 1.16. The quantitative estimate of drug-likeness (QED) is 0.594. The van der Waals surface area contributed by atoms with Crippen LogP contribution in [0.4, 0.5) is 0 Å². The van der Waals surface area contributed by atoms with Crippen molar-refractivity contribution < 1.29 is 9.90 Å². The van der Waals surface area contributed by atoms with Gasteiger partial charge in [-0.05, 0) is 29.7 Å². The Morgan fingerprint density at radius 2 is 1.86 bits per heavy atom. The lowest BCUT2D eigenvalue weighted by Gasteiger charge is -2.09. The fourth-order valence-corrected chi connectivity index (χ4v) is 3.02. The van der Waals surface area contributed by atoms with Crippen LogP contribution >= 0.6 is 0 Å². The molecule has 1 heterocycles. The van der Waals surface area contributed by atoms with Crippen molar-refractivity contribution in [3.05, 3.63) is 83.5 Å². The van der Waals surface area contributed by atoms with Crippen LogP contribution in [0.3, 0.4) is 0 Å². The van der Waals surface area contributed by atoms with Gasteiger partial charge < -0.3 is 5.11 Å². The number of carboxylic acid groups (broad SMARTS) is 1. The molecule has 0 aliphatic heterocycles. The van der Waals surface area contributed by atoms with Crippen LogP contribution in [0.1, 0.15) is 54.3 Å². The Kier molecular flexibility index (Phi) is 6.04. The first-order valence-electron chi connectivity index (χ1n) is 9.46. The monoisotopic (exact) mass is 375 g/mol. The van der Waals surface area contributed by atoms with Crippen LogP contribution in [-0.4, -0.2) is 25.8 Å². The molecule has 0 spiro atoms. The lowest BCUT2D eigenvalue weighted by Crippen LogP contribution is -2.07. The van der Waals surface area contributed by atoms with Gasteiger partial charge in [-0.15, -0.1) is 0 Å². The fraction of sp³-hybridized carbons (Fsp3) is 0.261. The molecular formula is C23H25N3O2. The van der Waals surface area contributed by atoms with Gasteiger partial charge in [-0.25, -0.2) is 14.5 Å². The van der Waals surface area contributed by atoms with Crippen molar-refractivity contribution in [2.75, 3.05) is 0 Å². The first kappa shape index (κ1) is 19.5. The molecular weight excluding hydrogens is 350 g/mol. The molecule has 0 radical (unpaired) electrons. The van der Waals surface area contributed by atoms with E-state index in [-0.39, 0.29) is 5.92 Å². The summed E-state index contributed by atoms with van der Waals surface area (Å²) in [4.78, 5) is 16.1. The molecule has 1 aromatic heterocycles. The van der Waals surface area contributed by atoms with E-state index in [9.17, 15) is 9.90 Å². The van der Waals surface area contributed by atoms with Crippen molar-refractivity contribution in [3.8, 4) is 11.1 Å². The number of rotatable bonds is 7. The number of allylic oxidation sites excluding steroid dienone is 2. The summed E-state index contributed by atoms with van der Waals surface area (Å²) in [5.41, 5.74) is 3.01. The number of aromatic nitrogens is 3. The Labute approximate surface area is 165 Å². The van der Waals surface area contributed by atoms with E-state index < -0.39 is 5.97 Å². The second kappa shape index (κ2) is 8.65. The summed E-state index contributed by atoms with van der Waals surface area (Å²) >= 11 is 0. The van der Waals surface area contributed by atoms with Gasteiger partial charge in [0.2, 0.25) is 0 Å².